The van der Waals surface area contributed by atoms with E-state index in [0.717, 1.165) is 25.1 Å². The van der Waals surface area contributed by atoms with E-state index in [0.29, 0.717) is 0 Å². The Morgan fingerprint density at radius 2 is 2.13 bits per heavy atom. The number of hydrogen-bond acceptors (Lipinski definition) is 3. The van der Waals surface area contributed by atoms with Crippen LogP contribution in [0.15, 0.2) is 40.7 Å². The first-order valence-electron chi connectivity index (χ1n) is 5.24. The van der Waals surface area contributed by atoms with Gasteiger partial charge >= 0.3 is 0 Å². The summed E-state index contributed by atoms with van der Waals surface area (Å²) in [5.74, 6) is 0. The number of benzene rings is 1. The van der Waals surface area contributed by atoms with Crippen molar-refractivity contribution in [3.63, 3.8) is 0 Å². The predicted octanol–water partition coefficient (Wildman–Crippen LogP) is 2.14. The van der Waals surface area contributed by atoms with E-state index < -0.39 is 0 Å². The Kier molecular flexibility index (Phi) is 3.29. The summed E-state index contributed by atoms with van der Waals surface area (Å²) in [6.45, 7) is 1.05. The smallest absolute Gasteiger partial charge is 0.0874 e. The highest BCUT2D eigenvalue weighted by Gasteiger charge is 2.22. The summed E-state index contributed by atoms with van der Waals surface area (Å²) in [5, 5.41) is 19.2. The van der Waals surface area contributed by atoms with Gasteiger partial charge in [-0.3, -0.25) is 5.01 Å². The molecule has 0 aliphatic carbocycles. The zero-order valence-corrected chi connectivity index (χ0v) is 8.58. The van der Waals surface area contributed by atoms with Crippen molar-refractivity contribution >= 4 is 5.69 Å². The second kappa shape index (κ2) is 4.89. The van der Waals surface area contributed by atoms with Crippen LogP contribution < -0.4 is 0 Å². The number of aliphatic hydroxyl groups is 1. The highest BCUT2D eigenvalue weighted by atomic mass is 16.3. The molecule has 1 saturated heterocycles. The van der Waals surface area contributed by atoms with Crippen molar-refractivity contribution in [3.8, 4) is 0 Å². The molecule has 1 atom stereocenters. The van der Waals surface area contributed by atoms with Crippen LogP contribution >= 0.6 is 0 Å². The third-order valence-electron chi connectivity index (χ3n) is 2.59. The highest BCUT2D eigenvalue weighted by molar-refractivity contribution is 5.34. The molecule has 80 valence electrons. The van der Waals surface area contributed by atoms with Gasteiger partial charge in [-0.1, -0.05) is 23.4 Å². The fourth-order valence-corrected chi connectivity index (χ4v) is 1.73. The molecule has 1 aliphatic heterocycles. The maximum atomic E-state index is 9.09. The molecule has 4 heteroatoms. The summed E-state index contributed by atoms with van der Waals surface area (Å²) in [7, 11) is 0. The van der Waals surface area contributed by atoms with Gasteiger partial charge in [-0.05, 0) is 25.0 Å². The van der Waals surface area contributed by atoms with Crippen LogP contribution in [0.1, 0.15) is 12.8 Å². The van der Waals surface area contributed by atoms with Gasteiger partial charge in [0.1, 0.15) is 0 Å². The Bertz CT molecular complexity index is 326. The van der Waals surface area contributed by atoms with Crippen LogP contribution in [0, 0.1) is 0 Å². The van der Waals surface area contributed by atoms with Gasteiger partial charge in [0.25, 0.3) is 0 Å². The van der Waals surface area contributed by atoms with Crippen molar-refractivity contribution < 1.29 is 5.11 Å². The summed E-state index contributed by atoms with van der Waals surface area (Å²) in [5.41, 5.74) is 0.848. The lowest BCUT2D eigenvalue weighted by Crippen LogP contribution is -2.26. The third-order valence-corrected chi connectivity index (χ3v) is 2.59. The van der Waals surface area contributed by atoms with Crippen LogP contribution in [0.25, 0.3) is 0 Å². The Hall–Kier alpha value is -1.42. The van der Waals surface area contributed by atoms with E-state index >= 15 is 0 Å². The number of nitrogens with zero attached hydrogens (tertiary/aromatic N) is 3. The molecule has 1 unspecified atom stereocenters. The van der Waals surface area contributed by atoms with Crippen molar-refractivity contribution in [2.75, 3.05) is 13.2 Å². The average molecular weight is 205 g/mol. The first-order chi connectivity index (χ1) is 7.40. The zero-order valence-electron chi connectivity index (χ0n) is 8.58. The Labute approximate surface area is 89.2 Å². The first-order valence-corrected chi connectivity index (χ1v) is 5.24. The zero-order chi connectivity index (χ0) is 10.5. The quantitative estimate of drug-likeness (QED) is 0.768. The van der Waals surface area contributed by atoms with Crippen LogP contribution in [0.3, 0.4) is 0 Å². The lowest BCUT2D eigenvalue weighted by Gasteiger charge is -2.16. The molecule has 1 aromatic carbocycles. The van der Waals surface area contributed by atoms with Gasteiger partial charge in [-0.15, -0.1) is 5.11 Å². The van der Waals surface area contributed by atoms with E-state index in [1.807, 2.05) is 35.3 Å². The average Bonchev–Trinajstić information content (AvgIpc) is 2.75. The topological polar surface area (TPSA) is 48.2 Å². The molecular formula is C11H15N3O. The summed E-state index contributed by atoms with van der Waals surface area (Å²) < 4.78 is 0. The summed E-state index contributed by atoms with van der Waals surface area (Å²) >= 11 is 0. The molecule has 1 aliphatic rings. The van der Waals surface area contributed by atoms with Gasteiger partial charge in [-0.25, -0.2) is 0 Å². The Balaban J connectivity index is 1.99. The molecule has 0 aromatic heterocycles. The standard InChI is InChI=1S/C11H15N3O/c15-9-11-7-4-8-14(11)13-12-10-5-2-1-3-6-10/h1-3,5-6,11,15H,4,7-9H2. The monoisotopic (exact) mass is 205 g/mol. The van der Waals surface area contributed by atoms with E-state index in [-0.39, 0.29) is 12.6 Å². The lowest BCUT2D eigenvalue weighted by atomic mass is 10.2. The van der Waals surface area contributed by atoms with Crippen LogP contribution in [0.4, 0.5) is 5.69 Å². The highest BCUT2D eigenvalue weighted by Crippen LogP contribution is 2.19. The molecule has 0 bridgehead atoms. The molecule has 4 nitrogen and oxygen atoms in total. The molecule has 1 fully saturated rings. The minimum atomic E-state index is 0.150. The van der Waals surface area contributed by atoms with Crippen molar-refractivity contribution in [2.45, 2.75) is 18.9 Å². The summed E-state index contributed by atoms with van der Waals surface area (Å²) in [6.07, 6.45) is 2.09. The summed E-state index contributed by atoms with van der Waals surface area (Å²) in [6, 6.07) is 9.79. The minimum Gasteiger partial charge on any atom is -0.394 e. The number of rotatable bonds is 3. The minimum absolute atomic E-state index is 0.150. The summed E-state index contributed by atoms with van der Waals surface area (Å²) in [4.78, 5) is 0. The maximum absolute atomic E-state index is 9.09. The van der Waals surface area contributed by atoms with E-state index in [1.54, 1.807) is 0 Å². The van der Waals surface area contributed by atoms with Crippen molar-refractivity contribution in [2.24, 2.45) is 10.3 Å². The van der Waals surface area contributed by atoms with Crippen LogP contribution in [-0.2, 0) is 0 Å². The van der Waals surface area contributed by atoms with E-state index in [2.05, 4.69) is 10.3 Å². The molecule has 0 radical (unpaired) electrons. The molecular weight excluding hydrogens is 190 g/mol. The fourth-order valence-electron chi connectivity index (χ4n) is 1.73. The van der Waals surface area contributed by atoms with Crippen molar-refractivity contribution in [3.05, 3.63) is 30.3 Å². The third kappa shape index (κ3) is 2.53. The van der Waals surface area contributed by atoms with E-state index in [1.165, 1.54) is 0 Å². The molecule has 0 amide bonds. The van der Waals surface area contributed by atoms with Gasteiger partial charge in [0.15, 0.2) is 0 Å². The molecule has 0 saturated carbocycles. The van der Waals surface area contributed by atoms with Gasteiger partial charge < -0.3 is 5.11 Å². The van der Waals surface area contributed by atoms with Crippen molar-refractivity contribution in [1.82, 2.24) is 5.01 Å². The predicted molar refractivity (Wildman–Crippen MR) is 57.8 cm³/mol. The van der Waals surface area contributed by atoms with Gasteiger partial charge in [0, 0.05) is 6.54 Å². The SMILES string of the molecule is OCC1CCCN1N=Nc1ccccc1. The van der Waals surface area contributed by atoms with Crippen molar-refractivity contribution in [1.29, 1.82) is 0 Å². The Morgan fingerprint density at radius 3 is 2.87 bits per heavy atom. The van der Waals surface area contributed by atoms with Crippen LogP contribution in [0.2, 0.25) is 0 Å². The van der Waals surface area contributed by atoms with Gasteiger partial charge in [0.05, 0.1) is 18.3 Å². The molecule has 1 N–H and O–H groups in total. The molecule has 1 aromatic rings. The molecule has 2 rings (SSSR count). The number of aliphatic hydroxyl groups excluding tert-OH is 1. The first kappa shape index (κ1) is 10.1. The maximum Gasteiger partial charge on any atom is 0.0874 e. The van der Waals surface area contributed by atoms with Crippen LogP contribution in [-0.4, -0.2) is 29.3 Å². The Morgan fingerprint density at radius 1 is 1.33 bits per heavy atom. The normalized spacial score (nSPS) is 21.4. The van der Waals surface area contributed by atoms with Gasteiger partial charge in [-0.2, -0.15) is 0 Å². The lowest BCUT2D eigenvalue weighted by molar-refractivity contribution is 0.155. The number of hydrogen-bond donors (Lipinski definition) is 1. The molecule has 1 heterocycles. The fraction of sp³-hybridized carbons (Fsp3) is 0.455. The second-order valence-corrected chi connectivity index (χ2v) is 3.67. The second-order valence-electron chi connectivity index (χ2n) is 3.67. The molecule has 15 heavy (non-hydrogen) atoms. The largest absolute Gasteiger partial charge is 0.394 e. The van der Waals surface area contributed by atoms with E-state index in [9.17, 15) is 0 Å². The molecule has 0 spiro atoms. The van der Waals surface area contributed by atoms with Crippen LogP contribution in [0.5, 0.6) is 0 Å². The van der Waals surface area contributed by atoms with Gasteiger partial charge in [0.2, 0.25) is 0 Å². The van der Waals surface area contributed by atoms with E-state index in [4.69, 9.17) is 5.11 Å².